The Bertz CT molecular complexity index is 927. The maximum absolute atomic E-state index is 12.6. The molecule has 1 saturated heterocycles. The van der Waals surface area contributed by atoms with E-state index >= 15 is 0 Å². The number of rotatable bonds is 4. The highest BCUT2D eigenvalue weighted by Gasteiger charge is 2.37. The second-order valence-electron chi connectivity index (χ2n) is 7.56. The zero-order valence-electron chi connectivity index (χ0n) is 16.9. The van der Waals surface area contributed by atoms with E-state index in [1.165, 1.54) is 0 Å². The highest BCUT2D eigenvalue weighted by Crippen LogP contribution is 2.43. The fourth-order valence-corrected chi connectivity index (χ4v) is 4.09. The van der Waals surface area contributed by atoms with Crippen LogP contribution in [-0.4, -0.2) is 52.7 Å². The Hall–Kier alpha value is -2.86. The van der Waals surface area contributed by atoms with Crippen molar-refractivity contribution in [2.45, 2.75) is 32.3 Å². The van der Waals surface area contributed by atoms with Gasteiger partial charge in [0.25, 0.3) is 5.91 Å². The van der Waals surface area contributed by atoms with E-state index in [0.29, 0.717) is 18.8 Å². The number of hydrogen-bond acceptors (Lipinski definition) is 5. The van der Waals surface area contributed by atoms with Crippen LogP contribution in [0.1, 0.15) is 48.3 Å². The van der Waals surface area contributed by atoms with Gasteiger partial charge in [0, 0.05) is 43.3 Å². The molecular weight excluding hydrogens is 366 g/mol. The van der Waals surface area contributed by atoms with Crippen LogP contribution in [0, 0.1) is 0 Å². The Morgan fingerprint density at radius 3 is 2.62 bits per heavy atom. The quantitative estimate of drug-likeness (QED) is 0.834. The van der Waals surface area contributed by atoms with Crippen LogP contribution in [0.2, 0.25) is 0 Å². The number of nitrogens with zero attached hydrogens (tertiary/aromatic N) is 2. The molecule has 29 heavy (non-hydrogen) atoms. The van der Waals surface area contributed by atoms with Crippen molar-refractivity contribution in [3.05, 3.63) is 59.4 Å². The van der Waals surface area contributed by atoms with Crippen molar-refractivity contribution in [3.8, 4) is 11.5 Å². The van der Waals surface area contributed by atoms with E-state index < -0.39 is 0 Å². The molecule has 1 spiro atoms. The highest BCUT2D eigenvalue weighted by molar-refractivity contribution is 5.93. The van der Waals surface area contributed by atoms with E-state index in [-0.39, 0.29) is 17.3 Å². The number of amides is 1. The molecule has 0 unspecified atom stereocenters. The summed E-state index contributed by atoms with van der Waals surface area (Å²) in [5, 5.41) is 13.4. The Kier molecular flexibility index (Phi) is 5.28. The summed E-state index contributed by atoms with van der Waals surface area (Å²) in [6.45, 7) is 7.03. The maximum Gasteiger partial charge on any atom is 0.272 e. The van der Waals surface area contributed by atoms with Gasteiger partial charge in [0.05, 0.1) is 0 Å². The molecule has 4 rings (SSSR count). The van der Waals surface area contributed by atoms with Gasteiger partial charge < -0.3 is 20.1 Å². The van der Waals surface area contributed by atoms with E-state index in [2.05, 4.69) is 16.4 Å². The van der Waals surface area contributed by atoms with E-state index in [4.69, 9.17) is 4.74 Å². The van der Waals surface area contributed by atoms with Crippen LogP contribution in [0.4, 0.5) is 0 Å². The molecule has 1 aromatic heterocycles. The van der Waals surface area contributed by atoms with Crippen molar-refractivity contribution in [1.82, 2.24) is 15.2 Å². The smallest absolute Gasteiger partial charge is 0.272 e. The van der Waals surface area contributed by atoms with Crippen LogP contribution in [0.3, 0.4) is 0 Å². The maximum atomic E-state index is 12.6. The zero-order valence-corrected chi connectivity index (χ0v) is 16.9. The second kappa shape index (κ2) is 7.87. The molecule has 2 aromatic rings. The van der Waals surface area contributed by atoms with Gasteiger partial charge in [-0.05, 0) is 62.9 Å². The SMILES string of the molecule is CCN(CC)C(=O)c1ccc(C2=CC3(CCNCC3)Oc3ccc(O)cc32)cn1. The molecule has 0 bridgehead atoms. The van der Waals surface area contributed by atoms with Gasteiger partial charge >= 0.3 is 0 Å². The summed E-state index contributed by atoms with van der Waals surface area (Å²) in [5.41, 5.74) is 2.82. The third kappa shape index (κ3) is 3.72. The van der Waals surface area contributed by atoms with Crippen molar-refractivity contribution in [1.29, 1.82) is 0 Å². The van der Waals surface area contributed by atoms with Crippen LogP contribution >= 0.6 is 0 Å². The van der Waals surface area contributed by atoms with Crippen molar-refractivity contribution in [3.63, 3.8) is 0 Å². The molecule has 6 heteroatoms. The van der Waals surface area contributed by atoms with E-state index in [1.807, 2.05) is 26.0 Å². The predicted octanol–water partition coefficient (Wildman–Crippen LogP) is 3.22. The molecule has 0 aliphatic carbocycles. The molecule has 0 radical (unpaired) electrons. The van der Waals surface area contributed by atoms with Crippen LogP contribution in [0.5, 0.6) is 11.5 Å². The first kappa shape index (κ1) is 19.5. The molecule has 2 N–H and O–H groups in total. The number of aromatic nitrogens is 1. The minimum absolute atomic E-state index is 0.0598. The number of hydrogen-bond donors (Lipinski definition) is 2. The zero-order chi connectivity index (χ0) is 20.4. The van der Waals surface area contributed by atoms with Crippen LogP contribution in [0.25, 0.3) is 5.57 Å². The number of nitrogens with one attached hydrogen (secondary N) is 1. The second-order valence-corrected chi connectivity index (χ2v) is 7.56. The number of carbonyl (C=O) groups is 1. The van der Waals surface area contributed by atoms with Gasteiger partial charge in [-0.1, -0.05) is 6.07 Å². The Balaban J connectivity index is 1.73. The summed E-state index contributed by atoms with van der Waals surface area (Å²) in [7, 11) is 0. The van der Waals surface area contributed by atoms with Crippen LogP contribution < -0.4 is 10.1 Å². The molecule has 1 aromatic carbocycles. The number of phenols is 1. The Morgan fingerprint density at radius 2 is 1.97 bits per heavy atom. The lowest BCUT2D eigenvalue weighted by molar-refractivity contribution is 0.0766. The molecule has 2 aliphatic rings. The van der Waals surface area contributed by atoms with E-state index in [0.717, 1.165) is 48.4 Å². The molecule has 1 amide bonds. The van der Waals surface area contributed by atoms with Crippen molar-refractivity contribution < 1.29 is 14.6 Å². The summed E-state index contributed by atoms with van der Waals surface area (Å²) < 4.78 is 6.38. The number of fused-ring (bicyclic) bond motifs is 1. The summed E-state index contributed by atoms with van der Waals surface area (Å²) >= 11 is 0. The third-order valence-electron chi connectivity index (χ3n) is 5.77. The lowest BCUT2D eigenvalue weighted by atomic mass is 9.83. The third-order valence-corrected chi connectivity index (χ3v) is 5.77. The molecule has 6 nitrogen and oxygen atoms in total. The normalized spacial score (nSPS) is 17.2. The van der Waals surface area contributed by atoms with Crippen LogP contribution in [0.15, 0.2) is 42.6 Å². The van der Waals surface area contributed by atoms with Gasteiger partial charge in [-0.3, -0.25) is 9.78 Å². The summed E-state index contributed by atoms with van der Waals surface area (Å²) in [6, 6.07) is 8.92. The number of aromatic hydroxyl groups is 1. The Morgan fingerprint density at radius 1 is 1.21 bits per heavy atom. The van der Waals surface area contributed by atoms with Gasteiger partial charge in [-0.25, -0.2) is 0 Å². The minimum Gasteiger partial charge on any atom is -0.508 e. The molecule has 0 saturated carbocycles. The lowest BCUT2D eigenvalue weighted by Crippen LogP contribution is -2.46. The number of carbonyl (C=O) groups excluding carboxylic acids is 1. The average molecular weight is 393 g/mol. The fraction of sp³-hybridized carbons (Fsp3) is 0.391. The summed E-state index contributed by atoms with van der Waals surface area (Å²) in [4.78, 5) is 18.8. The number of benzene rings is 1. The van der Waals surface area contributed by atoms with Gasteiger partial charge in [0.1, 0.15) is 22.8 Å². The highest BCUT2D eigenvalue weighted by atomic mass is 16.5. The van der Waals surface area contributed by atoms with E-state index in [9.17, 15) is 9.90 Å². The van der Waals surface area contributed by atoms with Gasteiger partial charge in [0.2, 0.25) is 0 Å². The Labute approximate surface area is 171 Å². The first-order valence-electron chi connectivity index (χ1n) is 10.3. The first-order valence-corrected chi connectivity index (χ1v) is 10.3. The lowest BCUT2D eigenvalue weighted by Gasteiger charge is -2.40. The molecular formula is C23H27N3O3. The predicted molar refractivity (Wildman–Crippen MR) is 112 cm³/mol. The standard InChI is InChI=1S/C23H27N3O3/c1-3-26(4-2)22(28)20-7-5-16(15-25-20)19-14-23(9-11-24-12-10-23)29-21-8-6-17(27)13-18(19)21/h5-8,13-15,24,27H,3-4,9-12H2,1-2H3. The number of phenolic OH excluding ortho intramolecular Hbond substituents is 1. The van der Waals surface area contributed by atoms with Gasteiger partial charge in [0.15, 0.2) is 0 Å². The average Bonchev–Trinajstić information content (AvgIpc) is 2.75. The molecule has 152 valence electrons. The van der Waals surface area contributed by atoms with Gasteiger partial charge in [-0.15, -0.1) is 0 Å². The molecule has 0 atom stereocenters. The molecule has 2 aliphatic heterocycles. The van der Waals surface area contributed by atoms with Crippen LogP contribution in [-0.2, 0) is 0 Å². The number of pyridine rings is 1. The van der Waals surface area contributed by atoms with E-state index in [1.54, 1.807) is 29.3 Å². The van der Waals surface area contributed by atoms with Crippen molar-refractivity contribution in [2.24, 2.45) is 0 Å². The first-order chi connectivity index (χ1) is 14.0. The largest absolute Gasteiger partial charge is 0.508 e. The van der Waals surface area contributed by atoms with Crippen molar-refractivity contribution in [2.75, 3.05) is 26.2 Å². The van der Waals surface area contributed by atoms with Crippen molar-refractivity contribution >= 4 is 11.5 Å². The number of piperidine rings is 1. The number of ether oxygens (including phenoxy) is 1. The minimum atomic E-state index is -0.361. The topological polar surface area (TPSA) is 74.7 Å². The molecule has 1 fully saturated rings. The summed E-state index contributed by atoms with van der Waals surface area (Å²) in [5.74, 6) is 0.904. The summed E-state index contributed by atoms with van der Waals surface area (Å²) in [6.07, 6.45) is 5.67. The molecule has 3 heterocycles. The monoisotopic (exact) mass is 393 g/mol. The van der Waals surface area contributed by atoms with Gasteiger partial charge in [-0.2, -0.15) is 0 Å². The fourth-order valence-electron chi connectivity index (χ4n) is 4.09.